The maximum Gasteiger partial charge on any atom is 0.0703 e. The number of rotatable bonds is 0. The van der Waals surface area contributed by atoms with Crippen molar-refractivity contribution in [3.63, 3.8) is 0 Å². The van der Waals surface area contributed by atoms with E-state index in [9.17, 15) is 0 Å². The molecule has 5 heavy (non-hydrogen) atoms. The summed E-state index contributed by atoms with van der Waals surface area (Å²) < 4.78 is 0. The maximum absolute atomic E-state index is 2.81. The summed E-state index contributed by atoms with van der Waals surface area (Å²) in [5.74, 6) is 0. The van der Waals surface area contributed by atoms with Gasteiger partial charge in [-0.05, 0) is 6.08 Å². The van der Waals surface area contributed by atoms with Crippen LogP contribution in [-0.2, 0) is 0 Å². The zero-order chi connectivity index (χ0) is 3.54. The van der Waals surface area contributed by atoms with Crippen molar-refractivity contribution >= 4 is 0 Å². The smallest absolute Gasteiger partial charge is 0.0703 e. The molecular formula is C3H5N2. The van der Waals surface area contributed by atoms with Gasteiger partial charge in [-0.15, -0.1) is 0 Å². The second-order valence-electron chi connectivity index (χ2n) is 0.854. The molecule has 1 heterocycles. The first kappa shape index (κ1) is 2.72. The Bertz CT molecular complexity index is 42.9. The Morgan fingerprint density at radius 2 is 2.80 bits per heavy atom. The van der Waals surface area contributed by atoms with Crippen molar-refractivity contribution in [2.75, 3.05) is 6.54 Å². The molecule has 0 unspecified atom stereocenters. The van der Waals surface area contributed by atoms with E-state index in [2.05, 4.69) is 17.1 Å². The molecule has 0 aromatic carbocycles. The van der Waals surface area contributed by atoms with Gasteiger partial charge in [0.2, 0.25) is 0 Å². The molecule has 1 aliphatic heterocycles. The number of hydrazine groups is 1. The first-order valence-corrected chi connectivity index (χ1v) is 1.55. The summed E-state index contributed by atoms with van der Waals surface area (Å²) in [5, 5.41) is 0. The van der Waals surface area contributed by atoms with E-state index in [0.29, 0.717) is 0 Å². The van der Waals surface area contributed by atoms with Crippen LogP contribution in [0.1, 0.15) is 0 Å². The molecule has 1 radical (unpaired) electrons. The molecule has 0 aliphatic carbocycles. The van der Waals surface area contributed by atoms with Crippen LogP contribution in [0.2, 0.25) is 0 Å². The molecule has 0 spiro atoms. The predicted molar refractivity (Wildman–Crippen MR) is 19.0 cm³/mol. The van der Waals surface area contributed by atoms with Gasteiger partial charge in [0.15, 0.2) is 0 Å². The topological polar surface area (TPSA) is 24.1 Å². The van der Waals surface area contributed by atoms with Gasteiger partial charge in [-0.25, -0.2) is 5.43 Å². The maximum atomic E-state index is 2.81. The first-order chi connectivity index (χ1) is 2.50. The third-order valence-electron chi connectivity index (χ3n) is 0.467. The lowest BCUT2D eigenvalue weighted by molar-refractivity contribution is 0.716. The quantitative estimate of drug-likeness (QED) is 0.397. The van der Waals surface area contributed by atoms with Crippen LogP contribution in [0.15, 0.2) is 6.08 Å². The van der Waals surface area contributed by atoms with Gasteiger partial charge in [-0.1, -0.05) is 0 Å². The van der Waals surface area contributed by atoms with Crippen LogP contribution in [-0.4, -0.2) is 6.54 Å². The summed E-state index contributed by atoms with van der Waals surface area (Å²) in [6.07, 6.45) is 4.62. The summed E-state index contributed by atoms with van der Waals surface area (Å²) in [6.45, 7) is 0.903. The lowest BCUT2D eigenvalue weighted by atomic mass is 10.7. The van der Waals surface area contributed by atoms with E-state index >= 15 is 0 Å². The molecule has 0 aromatic heterocycles. The molecule has 2 heteroatoms. The normalized spacial score (nSPS) is 19.2. The van der Waals surface area contributed by atoms with Crippen molar-refractivity contribution in [2.24, 2.45) is 0 Å². The van der Waals surface area contributed by atoms with Crippen LogP contribution in [0.25, 0.3) is 0 Å². The Kier molecular flexibility index (Phi) is 0.588. The zero-order valence-corrected chi connectivity index (χ0v) is 2.78. The highest BCUT2D eigenvalue weighted by Crippen LogP contribution is 1.65. The van der Waals surface area contributed by atoms with E-state index in [0.717, 1.165) is 6.54 Å². The van der Waals surface area contributed by atoms with Gasteiger partial charge in [0.1, 0.15) is 0 Å². The average Bonchev–Trinajstić information content (AvgIpc) is 1.76. The highest BCUT2D eigenvalue weighted by atomic mass is 15.4. The third kappa shape index (κ3) is 0.389. The number of nitrogens with one attached hydrogen (secondary N) is 2. The van der Waals surface area contributed by atoms with Crippen LogP contribution in [0.5, 0.6) is 0 Å². The molecule has 0 bridgehead atoms. The molecule has 1 aliphatic rings. The van der Waals surface area contributed by atoms with Crippen molar-refractivity contribution in [1.82, 2.24) is 10.9 Å². The summed E-state index contributed by atoms with van der Waals surface area (Å²) in [4.78, 5) is 0. The van der Waals surface area contributed by atoms with Crippen molar-refractivity contribution in [1.29, 1.82) is 0 Å². The second kappa shape index (κ2) is 1.08. The Labute approximate surface area is 30.8 Å². The fraction of sp³-hybridized carbons (Fsp3) is 0.333. The van der Waals surface area contributed by atoms with E-state index < -0.39 is 0 Å². The van der Waals surface area contributed by atoms with E-state index in [1.165, 1.54) is 0 Å². The van der Waals surface area contributed by atoms with Crippen molar-refractivity contribution < 1.29 is 0 Å². The van der Waals surface area contributed by atoms with Crippen LogP contribution < -0.4 is 10.9 Å². The minimum atomic E-state index is 0.903. The van der Waals surface area contributed by atoms with Gasteiger partial charge in [-0.3, -0.25) is 0 Å². The fourth-order valence-corrected chi connectivity index (χ4v) is 0.255. The predicted octanol–water partition coefficient (Wildman–Crippen LogP) is -0.589. The molecule has 2 N–H and O–H groups in total. The number of hydrogen-bond donors (Lipinski definition) is 2. The molecule has 0 fully saturated rings. The molecule has 0 saturated carbocycles. The van der Waals surface area contributed by atoms with Gasteiger partial charge in [-0.2, -0.15) is 0 Å². The van der Waals surface area contributed by atoms with E-state index in [1.54, 1.807) is 0 Å². The standard InChI is InChI=1S/C3H5N2/c1-2-4-5-3-1/h1,4-5H,2H2. The Morgan fingerprint density at radius 3 is 3.00 bits per heavy atom. The van der Waals surface area contributed by atoms with Crippen molar-refractivity contribution in [3.8, 4) is 0 Å². The molecule has 0 atom stereocenters. The molecule has 27 valence electrons. The average molecular weight is 69.1 g/mol. The van der Waals surface area contributed by atoms with Gasteiger partial charge in [0, 0.05) is 6.54 Å². The largest absolute Gasteiger partial charge is 0.319 e. The Hall–Kier alpha value is -0.500. The van der Waals surface area contributed by atoms with Crippen molar-refractivity contribution in [2.45, 2.75) is 0 Å². The molecule has 1 rings (SSSR count). The number of hydrogen-bond acceptors (Lipinski definition) is 2. The van der Waals surface area contributed by atoms with Crippen LogP contribution in [0, 0.1) is 6.20 Å². The van der Waals surface area contributed by atoms with Crippen LogP contribution in [0.3, 0.4) is 0 Å². The van der Waals surface area contributed by atoms with Gasteiger partial charge in [0.25, 0.3) is 0 Å². The first-order valence-electron chi connectivity index (χ1n) is 1.55. The second-order valence-corrected chi connectivity index (χ2v) is 0.854. The zero-order valence-electron chi connectivity index (χ0n) is 2.78. The lowest BCUT2D eigenvalue weighted by Gasteiger charge is -1.82. The van der Waals surface area contributed by atoms with Gasteiger partial charge < -0.3 is 5.43 Å². The third-order valence-corrected chi connectivity index (χ3v) is 0.467. The van der Waals surface area contributed by atoms with E-state index in [1.807, 2.05) is 6.08 Å². The monoisotopic (exact) mass is 69.0 g/mol. The Balaban J connectivity index is 2.32. The summed E-state index contributed by atoms with van der Waals surface area (Å²) in [7, 11) is 0. The van der Waals surface area contributed by atoms with E-state index in [4.69, 9.17) is 0 Å². The summed E-state index contributed by atoms with van der Waals surface area (Å²) in [6, 6.07) is 0. The fourth-order valence-electron chi connectivity index (χ4n) is 0.255. The molecule has 0 aromatic rings. The molecule has 0 saturated heterocycles. The SMILES string of the molecule is [C]1=CCNN1. The minimum Gasteiger partial charge on any atom is -0.319 e. The van der Waals surface area contributed by atoms with E-state index in [-0.39, 0.29) is 0 Å². The van der Waals surface area contributed by atoms with Crippen molar-refractivity contribution in [3.05, 3.63) is 12.3 Å². The summed E-state index contributed by atoms with van der Waals surface area (Å²) >= 11 is 0. The van der Waals surface area contributed by atoms with Crippen LogP contribution >= 0.6 is 0 Å². The minimum absolute atomic E-state index is 0.903. The molecule has 0 amide bonds. The highest BCUT2D eigenvalue weighted by Gasteiger charge is 1.80. The lowest BCUT2D eigenvalue weighted by Crippen LogP contribution is -2.19. The van der Waals surface area contributed by atoms with Gasteiger partial charge >= 0.3 is 0 Å². The van der Waals surface area contributed by atoms with Gasteiger partial charge in [0.05, 0.1) is 6.20 Å². The molecular weight excluding hydrogens is 64.0 g/mol. The Morgan fingerprint density at radius 1 is 1.80 bits per heavy atom. The van der Waals surface area contributed by atoms with Crippen LogP contribution in [0.4, 0.5) is 0 Å². The highest BCUT2D eigenvalue weighted by molar-refractivity contribution is 4.78. The summed E-state index contributed by atoms with van der Waals surface area (Å²) in [5.41, 5.74) is 5.47. The molecule has 2 nitrogen and oxygen atoms in total.